The molecule has 0 bridgehead atoms. The normalized spacial score (nSPS) is 9.92. The Hall–Kier alpha value is -2.58. The van der Waals surface area contributed by atoms with Gasteiger partial charge in [-0.3, -0.25) is 9.59 Å². The van der Waals surface area contributed by atoms with E-state index >= 15 is 0 Å². The van der Waals surface area contributed by atoms with Gasteiger partial charge in [0.2, 0.25) is 0 Å². The van der Waals surface area contributed by atoms with E-state index in [4.69, 9.17) is 0 Å². The van der Waals surface area contributed by atoms with Crippen molar-refractivity contribution in [1.29, 1.82) is 0 Å². The average Bonchev–Trinajstić information content (AvgIpc) is 2.64. The summed E-state index contributed by atoms with van der Waals surface area (Å²) in [6, 6.07) is 5.77. The first-order chi connectivity index (χ1) is 12.1. The summed E-state index contributed by atoms with van der Waals surface area (Å²) in [6.45, 7) is 1.43. The summed E-state index contributed by atoms with van der Waals surface area (Å²) >= 11 is 0. The average molecular weight is 382 g/mol. The van der Waals surface area contributed by atoms with E-state index in [1.165, 1.54) is 24.5 Å². The summed E-state index contributed by atoms with van der Waals surface area (Å²) in [6.07, 6.45) is 3.47. The molecule has 0 radical (unpaired) electrons. The molecule has 7 nitrogen and oxygen atoms in total. The molecule has 0 fully saturated rings. The Bertz CT molecular complexity index is 727. The predicted octanol–water partition coefficient (Wildman–Crippen LogP) is 1.31. The number of benzene rings is 1. The SMILES string of the molecule is CNCCCNC(=O)c1nccnc1C(=O)NCc1ccc(F)cc1.Cl. The minimum atomic E-state index is -0.516. The quantitative estimate of drug-likeness (QED) is 0.599. The third kappa shape index (κ3) is 6.38. The fraction of sp³-hybridized carbons (Fsp3) is 0.294. The van der Waals surface area contributed by atoms with Gasteiger partial charge in [0, 0.05) is 25.5 Å². The lowest BCUT2D eigenvalue weighted by molar-refractivity contribution is 0.0909. The van der Waals surface area contributed by atoms with Crippen molar-refractivity contribution in [3.63, 3.8) is 0 Å². The Kier molecular flexibility index (Phi) is 9.18. The molecule has 2 rings (SSSR count). The highest BCUT2D eigenvalue weighted by Gasteiger charge is 2.19. The van der Waals surface area contributed by atoms with Crippen molar-refractivity contribution in [2.75, 3.05) is 20.1 Å². The summed E-state index contributed by atoms with van der Waals surface area (Å²) in [5.74, 6) is -1.31. The van der Waals surface area contributed by atoms with Crippen LogP contribution >= 0.6 is 12.4 Å². The second kappa shape index (κ2) is 11.1. The second-order valence-electron chi connectivity index (χ2n) is 5.28. The van der Waals surface area contributed by atoms with E-state index in [1.807, 2.05) is 7.05 Å². The van der Waals surface area contributed by atoms with E-state index in [0.29, 0.717) is 6.54 Å². The van der Waals surface area contributed by atoms with E-state index in [1.54, 1.807) is 12.1 Å². The number of hydrogen-bond acceptors (Lipinski definition) is 5. The monoisotopic (exact) mass is 381 g/mol. The number of amides is 2. The molecule has 0 unspecified atom stereocenters. The summed E-state index contributed by atoms with van der Waals surface area (Å²) in [5.41, 5.74) is 0.663. The molecule has 0 aliphatic rings. The van der Waals surface area contributed by atoms with Crippen LogP contribution in [0, 0.1) is 5.82 Å². The molecular formula is C17H21ClFN5O2. The Morgan fingerprint density at radius 1 is 0.962 bits per heavy atom. The molecule has 0 saturated carbocycles. The number of rotatable bonds is 8. The van der Waals surface area contributed by atoms with Gasteiger partial charge in [0.1, 0.15) is 5.82 Å². The van der Waals surface area contributed by atoms with Crippen LogP contribution < -0.4 is 16.0 Å². The Labute approximate surface area is 157 Å². The van der Waals surface area contributed by atoms with Crippen LogP contribution in [0.25, 0.3) is 0 Å². The lowest BCUT2D eigenvalue weighted by Gasteiger charge is -2.09. The van der Waals surface area contributed by atoms with E-state index in [2.05, 4.69) is 25.9 Å². The van der Waals surface area contributed by atoms with E-state index < -0.39 is 11.8 Å². The molecule has 0 atom stereocenters. The molecule has 2 aromatic rings. The summed E-state index contributed by atoms with van der Waals surface area (Å²) in [5, 5.41) is 8.34. The zero-order valence-corrected chi connectivity index (χ0v) is 15.1. The van der Waals surface area contributed by atoms with Gasteiger partial charge >= 0.3 is 0 Å². The number of aromatic nitrogens is 2. The molecule has 1 heterocycles. The first-order valence-electron chi connectivity index (χ1n) is 7.88. The Morgan fingerprint density at radius 3 is 2.12 bits per heavy atom. The summed E-state index contributed by atoms with van der Waals surface area (Å²) in [7, 11) is 1.83. The molecule has 1 aromatic carbocycles. The maximum atomic E-state index is 12.9. The van der Waals surface area contributed by atoms with Gasteiger partial charge in [0.05, 0.1) is 0 Å². The van der Waals surface area contributed by atoms with Crippen LogP contribution in [0.1, 0.15) is 33.0 Å². The Morgan fingerprint density at radius 2 is 1.54 bits per heavy atom. The number of halogens is 2. The van der Waals surface area contributed by atoms with Gasteiger partial charge in [-0.1, -0.05) is 12.1 Å². The summed E-state index contributed by atoms with van der Waals surface area (Å²) in [4.78, 5) is 32.4. The smallest absolute Gasteiger partial charge is 0.272 e. The van der Waals surface area contributed by atoms with Crippen molar-refractivity contribution < 1.29 is 14.0 Å². The van der Waals surface area contributed by atoms with Gasteiger partial charge in [-0.05, 0) is 37.7 Å². The molecule has 26 heavy (non-hydrogen) atoms. The van der Waals surface area contributed by atoms with Crippen LogP contribution in [-0.2, 0) is 6.54 Å². The van der Waals surface area contributed by atoms with Crippen molar-refractivity contribution in [1.82, 2.24) is 25.9 Å². The maximum Gasteiger partial charge on any atom is 0.272 e. The molecule has 2 amide bonds. The van der Waals surface area contributed by atoms with Gasteiger partial charge in [-0.25, -0.2) is 14.4 Å². The van der Waals surface area contributed by atoms with Gasteiger partial charge in [-0.15, -0.1) is 12.4 Å². The van der Waals surface area contributed by atoms with Crippen LogP contribution in [0.3, 0.4) is 0 Å². The molecule has 3 N–H and O–H groups in total. The molecule has 0 spiro atoms. The van der Waals surface area contributed by atoms with E-state index in [9.17, 15) is 14.0 Å². The van der Waals surface area contributed by atoms with Crippen molar-refractivity contribution in [2.45, 2.75) is 13.0 Å². The fourth-order valence-electron chi connectivity index (χ4n) is 2.09. The third-order valence-electron chi connectivity index (χ3n) is 3.38. The predicted molar refractivity (Wildman–Crippen MR) is 97.7 cm³/mol. The molecule has 1 aromatic heterocycles. The largest absolute Gasteiger partial charge is 0.351 e. The molecular weight excluding hydrogens is 361 g/mol. The van der Waals surface area contributed by atoms with E-state index in [-0.39, 0.29) is 36.2 Å². The number of carbonyl (C=O) groups excluding carboxylic acids is 2. The van der Waals surface area contributed by atoms with Crippen molar-refractivity contribution >= 4 is 24.2 Å². The molecule has 0 aliphatic heterocycles. The highest BCUT2D eigenvalue weighted by atomic mass is 35.5. The molecule has 140 valence electrons. The van der Waals surface area contributed by atoms with E-state index in [0.717, 1.165) is 18.5 Å². The standard InChI is InChI=1S/C17H20FN5O2.ClH/c1-19-7-2-8-22-16(24)14-15(21-10-9-20-14)17(25)23-11-12-3-5-13(18)6-4-12;/h3-6,9-10,19H,2,7-8,11H2,1H3,(H,22,24)(H,23,25);1H. The maximum absolute atomic E-state index is 12.9. The minimum absolute atomic E-state index is 0. The highest BCUT2D eigenvalue weighted by Crippen LogP contribution is 2.05. The number of nitrogens with zero attached hydrogens (tertiary/aromatic N) is 2. The fourth-order valence-corrected chi connectivity index (χ4v) is 2.09. The topological polar surface area (TPSA) is 96.0 Å². The van der Waals surface area contributed by atoms with Crippen molar-refractivity contribution in [3.05, 3.63) is 59.4 Å². The van der Waals surface area contributed by atoms with Gasteiger partial charge in [-0.2, -0.15) is 0 Å². The zero-order chi connectivity index (χ0) is 18.1. The van der Waals surface area contributed by atoms with Gasteiger partial charge in [0.25, 0.3) is 11.8 Å². The second-order valence-corrected chi connectivity index (χ2v) is 5.28. The number of hydrogen-bond donors (Lipinski definition) is 3. The third-order valence-corrected chi connectivity index (χ3v) is 3.38. The van der Waals surface area contributed by atoms with Crippen molar-refractivity contribution in [3.8, 4) is 0 Å². The molecule has 0 aliphatic carbocycles. The zero-order valence-electron chi connectivity index (χ0n) is 14.3. The van der Waals surface area contributed by atoms with Crippen LogP contribution in [-0.4, -0.2) is 41.9 Å². The number of nitrogens with one attached hydrogen (secondary N) is 3. The number of carbonyl (C=O) groups is 2. The minimum Gasteiger partial charge on any atom is -0.351 e. The molecule has 0 saturated heterocycles. The lowest BCUT2D eigenvalue weighted by atomic mass is 10.2. The van der Waals surface area contributed by atoms with Crippen LogP contribution in [0.2, 0.25) is 0 Å². The van der Waals surface area contributed by atoms with Gasteiger partial charge in [0.15, 0.2) is 11.4 Å². The van der Waals surface area contributed by atoms with Crippen molar-refractivity contribution in [2.24, 2.45) is 0 Å². The first-order valence-corrected chi connectivity index (χ1v) is 7.88. The lowest BCUT2D eigenvalue weighted by Crippen LogP contribution is -2.32. The van der Waals surface area contributed by atoms with Crippen LogP contribution in [0.5, 0.6) is 0 Å². The highest BCUT2D eigenvalue weighted by molar-refractivity contribution is 6.04. The van der Waals surface area contributed by atoms with Crippen LogP contribution in [0.4, 0.5) is 4.39 Å². The van der Waals surface area contributed by atoms with Crippen LogP contribution in [0.15, 0.2) is 36.7 Å². The van der Waals surface area contributed by atoms with Gasteiger partial charge < -0.3 is 16.0 Å². The first kappa shape index (κ1) is 21.5. The summed E-state index contributed by atoms with van der Waals surface area (Å²) < 4.78 is 12.9. The Balaban J connectivity index is 0.00000338. The molecule has 9 heteroatoms.